The number of aliphatic hydroxyl groups is 1. The van der Waals surface area contributed by atoms with Gasteiger partial charge in [-0.25, -0.2) is 0 Å². The Bertz CT molecular complexity index is 934. The highest BCUT2D eigenvalue weighted by Crippen LogP contribution is 2.32. The second-order valence-corrected chi connectivity index (χ2v) is 11.4. The number of anilines is 2. The van der Waals surface area contributed by atoms with Crippen molar-refractivity contribution in [3.63, 3.8) is 0 Å². The smallest absolute Gasteiger partial charge is 0.239 e. The maximum absolute atomic E-state index is 13.0. The van der Waals surface area contributed by atoms with E-state index in [1.807, 2.05) is 6.07 Å². The van der Waals surface area contributed by atoms with E-state index in [1.54, 1.807) is 11.3 Å². The molecule has 2 saturated heterocycles. The third-order valence-corrected chi connectivity index (χ3v) is 8.59. The van der Waals surface area contributed by atoms with Crippen LogP contribution in [-0.2, 0) is 4.79 Å². The molecule has 36 heavy (non-hydrogen) atoms. The summed E-state index contributed by atoms with van der Waals surface area (Å²) < 4.78 is 0. The van der Waals surface area contributed by atoms with Crippen LogP contribution in [0.1, 0.15) is 32.1 Å². The number of piperazine rings is 1. The van der Waals surface area contributed by atoms with Gasteiger partial charge in [0.1, 0.15) is 0 Å². The summed E-state index contributed by atoms with van der Waals surface area (Å²) in [6.45, 7) is 8.11. The highest BCUT2D eigenvalue weighted by atomic mass is 32.1. The zero-order valence-electron chi connectivity index (χ0n) is 22.0. The van der Waals surface area contributed by atoms with E-state index in [0.717, 1.165) is 82.9 Å². The molecule has 198 valence electrons. The number of amides is 1. The Morgan fingerprint density at radius 3 is 2.33 bits per heavy atom. The third-order valence-electron chi connectivity index (χ3n) is 7.54. The van der Waals surface area contributed by atoms with E-state index < -0.39 is 0 Å². The number of likely N-dealkylation sites (N-methyl/N-ethyl adjacent to an activating group) is 1. The quantitative estimate of drug-likeness (QED) is 0.447. The number of unbranched alkanes of at least 4 members (excludes halogenated alkanes) is 2. The molecule has 0 aliphatic carbocycles. The molecule has 2 aliphatic rings. The molecule has 4 rings (SSSR count). The van der Waals surface area contributed by atoms with Crippen molar-refractivity contribution in [3.05, 3.63) is 36.4 Å². The molecule has 2 fully saturated rings. The van der Waals surface area contributed by atoms with Gasteiger partial charge < -0.3 is 25.1 Å². The Morgan fingerprint density at radius 1 is 0.944 bits per heavy atom. The number of rotatable bonds is 11. The summed E-state index contributed by atoms with van der Waals surface area (Å²) in [6.07, 6.45) is 5.08. The maximum Gasteiger partial charge on any atom is 0.239 e. The number of thiophene rings is 1. The van der Waals surface area contributed by atoms with Gasteiger partial charge in [-0.3, -0.25) is 9.69 Å². The molecule has 2 aliphatic heterocycles. The number of nitrogens with one attached hydrogen (secondary N) is 1. The first-order valence-corrected chi connectivity index (χ1v) is 14.3. The predicted molar refractivity (Wildman–Crippen MR) is 151 cm³/mol. The van der Waals surface area contributed by atoms with Gasteiger partial charge >= 0.3 is 0 Å². The molecule has 0 spiro atoms. The molecule has 7 nitrogen and oxygen atoms in total. The van der Waals surface area contributed by atoms with Crippen LogP contribution in [0.3, 0.4) is 0 Å². The minimum atomic E-state index is 0.0647. The molecular formula is C28H43N5O2S. The molecular weight excluding hydrogens is 470 g/mol. The monoisotopic (exact) mass is 513 g/mol. The lowest BCUT2D eigenvalue weighted by Crippen LogP contribution is -2.46. The standard InChI is InChI=1S/C28H43N5O2S/c1-30-15-12-25(13-16-30)33(14-4-3-5-21-34)22-27(35)29-28-11-10-26(36-28)23-6-8-24(9-7-23)32-19-17-31(2)18-20-32/h6-11,25,34H,3-5,12-22H2,1-2H3,(H,29,35). The molecule has 1 aromatic heterocycles. The van der Waals surface area contributed by atoms with Crippen LogP contribution >= 0.6 is 11.3 Å². The third kappa shape index (κ3) is 7.76. The fourth-order valence-corrected chi connectivity index (χ4v) is 6.10. The van der Waals surface area contributed by atoms with Crippen LogP contribution in [0.2, 0.25) is 0 Å². The lowest BCUT2D eigenvalue weighted by molar-refractivity contribution is -0.118. The van der Waals surface area contributed by atoms with E-state index in [4.69, 9.17) is 5.11 Å². The highest BCUT2D eigenvalue weighted by Gasteiger charge is 2.24. The molecule has 1 amide bonds. The van der Waals surface area contributed by atoms with E-state index in [2.05, 4.69) is 69.3 Å². The molecule has 2 aromatic rings. The van der Waals surface area contributed by atoms with Crippen LogP contribution in [0.4, 0.5) is 10.7 Å². The number of likely N-dealkylation sites (tertiary alicyclic amines) is 1. The highest BCUT2D eigenvalue weighted by molar-refractivity contribution is 7.19. The summed E-state index contributed by atoms with van der Waals surface area (Å²) in [6, 6.07) is 13.4. The molecule has 1 aromatic carbocycles. The number of hydrogen-bond donors (Lipinski definition) is 2. The largest absolute Gasteiger partial charge is 0.396 e. The summed E-state index contributed by atoms with van der Waals surface area (Å²) in [4.78, 5) is 23.7. The number of carbonyl (C=O) groups is 1. The molecule has 3 heterocycles. The molecule has 2 N–H and O–H groups in total. The van der Waals surface area contributed by atoms with E-state index >= 15 is 0 Å². The summed E-state index contributed by atoms with van der Waals surface area (Å²) in [5.74, 6) is 0.0647. The first-order chi connectivity index (χ1) is 17.5. The Labute approximate surface area is 220 Å². The SMILES string of the molecule is CN1CCC(N(CCCCCO)CC(=O)Nc2ccc(-c3ccc(N4CCN(C)CC4)cc3)s2)CC1. The number of hydrogen-bond acceptors (Lipinski definition) is 7. The minimum Gasteiger partial charge on any atom is -0.396 e. The van der Waals surface area contributed by atoms with Gasteiger partial charge in [0.05, 0.1) is 11.5 Å². The van der Waals surface area contributed by atoms with Crippen LogP contribution in [0, 0.1) is 0 Å². The van der Waals surface area contributed by atoms with Crippen molar-refractivity contribution in [2.75, 3.05) is 83.3 Å². The number of carbonyl (C=O) groups excluding carboxylic acids is 1. The number of nitrogens with zero attached hydrogens (tertiary/aromatic N) is 4. The van der Waals surface area contributed by atoms with Gasteiger partial charge in [-0.05, 0) is 95.7 Å². The fourth-order valence-electron chi connectivity index (χ4n) is 5.18. The number of aliphatic hydroxyl groups excluding tert-OH is 1. The van der Waals surface area contributed by atoms with Crippen molar-refractivity contribution in [2.45, 2.75) is 38.1 Å². The van der Waals surface area contributed by atoms with Crippen molar-refractivity contribution in [1.82, 2.24) is 14.7 Å². The number of piperidine rings is 1. The predicted octanol–water partition coefficient (Wildman–Crippen LogP) is 3.66. The summed E-state index contributed by atoms with van der Waals surface area (Å²) in [7, 11) is 4.35. The van der Waals surface area contributed by atoms with Gasteiger partial charge in [-0.2, -0.15) is 0 Å². The summed E-state index contributed by atoms with van der Waals surface area (Å²) >= 11 is 1.64. The van der Waals surface area contributed by atoms with Crippen LogP contribution in [0.25, 0.3) is 10.4 Å². The van der Waals surface area contributed by atoms with E-state index in [9.17, 15) is 4.79 Å². The van der Waals surface area contributed by atoms with Gasteiger partial charge in [-0.1, -0.05) is 12.1 Å². The molecule has 8 heteroatoms. The fraction of sp³-hybridized carbons (Fsp3) is 0.607. The lowest BCUT2D eigenvalue weighted by Gasteiger charge is -2.37. The molecule has 0 bridgehead atoms. The number of benzene rings is 1. The van der Waals surface area contributed by atoms with Gasteiger partial charge in [-0.15, -0.1) is 11.3 Å². The first-order valence-electron chi connectivity index (χ1n) is 13.5. The van der Waals surface area contributed by atoms with Gasteiger partial charge in [0.25, 0.3) is 0 Å². The van der Waals surface area contributed by atoms with E-state index in [0.29, 0.717) is 12.6 Å². The Balaban J connectivity index is 1.32. The average Bonchev–Trinajstić information content (AvgIpc) is 3.35. The second-order valence-electron chi connectivity index (χ2n) is 10.3. The summed E-state index contributed by atoms with van der Waals surface area (Å²) in [5.41, 5.74) is 2.47. The van der Waals surface area contributed by atoms with Crippen molar-refractivity contribution in [3.8, 4) is 10.4 Å². The van der Waals surface area contributed by atoms with E-state index in [1.165, 1.54) is 16.1 Å². The van der Waals surface area contributed by atoms with Crippen molar-refractivity contribution < 1.29 is 9.90 Å². The van der Waals surface area contributed by atoms with Crippen LogP contribution < -0.4 is 10.2 Å². The normalized spacial score (nSPS) is 18.2. The van der Waals surface area contributed by atoms with E-state index in [-0.39, 0.29) is 12.5 Å². The molecule has 0 saturated carbocycles. The van der Waals surface area contributed by atoms with Crippen LogP contribution in [0.5, 0.6) is 0 Å². The first kappa shape index (κ1) is 27.1. The zero-order chi connectivity index (χ0) is 25.3. The van der Waals surface area contributed by atoms with Crippen molar-refractivity contribution in [1.29, 1.82) is 0 Å². The van der Waals surface area contributed by atoms with Crippen LogP contribution in [-0.4, -0.2) is 105 Å². The van der Waals surface area contributed by atoms with Crippen molar-refractivity contribution >= 4 is 27.9 Å². The zero-order valence-corrected chi connectivity index (χ0v) is 22.8. The Morgan fingerprint density at radius 2 is 1.64 bits per heavy atom. The Hall–Kier alpha value is -1.97. The van der Waals surface area contributed by atoms with Gasteiger partial charge in [0.15, 0.2) is 0 Å². The summed E-state index contributed by atoms with van der Waals surface area (Å²) in [5, 5.41) is 13.2. The van der Waals surface area contributed by atoms with Gasteiger partial charge in [0.2, 0.25) is 5.91 Å². The second kappa shape index (κ2) is 13.5. The Kier molecular flexibility index (Phi) is 10.2. The van der Waals surface area contributed by atoms with Gasteiger partial charge in [0, 0.05) is 49.4 Å². The van der Waals surface area contributed by atoms with Crippen LogP contribution in [0.15, 0.2) is 36.4 Å². The minimum absolute atomic E-state index is 0.0647. The molecule has 0 radical (unpaired) electrons. The molecule has 0 unspecified atom stereocenters. The van der Waals surface area contributed by atoms with Crippen molar-refractivity contribution in [2.24, 2.45) is 0 Å². The average molecular weight is 514 g/mol. The lowest BCUT2D eigenvalue weighted by atomic mass is 10.0. The maximum atomic E-state index is 13.0. The topological polar surface area (TPSA) is 62.3 Å². The molecule has 0 atom stereocenters.